The number of nitrogens with one attached hydrogen (secondary N) is 1. The normalized spacial score (nSPS) is 17.2. The van der Waals surface area contributed by atoms with Gasteiger partial charge in [-0.15, -0.1) is 0 Å². The van der Waals surface area contributed by atoms with Gasteiger partial charge in [-0.05, 0) is 31.9 Å². The molecular weight excluding hydrogens is 238 g/mol. The molecule has 0 heterocycles. The summed E-state index contributed by atoms with van der Waals surface area (Å²) in [4.78, 5) is 12.1. The molecule has 1 saturated carbocycles. The number of benzene rings is 1. The lowest BCUT2D eigenvalue weighted by molar-refractivity contribution is -0.118. The van der Waals surface area contributed by atoms with Crippen molar-refractivity contribution in [3.8, 4) is 5.75 Å². The molecule has 1 aliphatic carbocycles. The number of aromatic hydroxyl groups is 1. The first kappa shape index (κ1) is 13.7. The van der Waals surface area contributed by atoms with Gasteiger partial charge in [0.05, 0.1) is 0 Å². The highest BCUT2D eigenvalue weighted by molar-refractivity contribution is 5.97. The van der Waals surface area contributed by atoms with E-state index in [1.807, 2.05) is 6.07 Å². The van der Waals surface area contributed by atoms with Gasteiger partial charge in [-0.3, -0.25) is 4.79 Å². The summed E-state index contributed by atoms with van der Waals surface area (Å²) in [5.74, 6) is 0.169. The van der Waals surface area contributed by atoms with E-state index in [2.05, 4.69) is 5.32 Å². The number of phenolic OH excluding ortho intramolecular Hbond substituents is 1. The molecule has 1 amide bonds. The molecule has 0 saturated heterocycles. The SMILES string of the molecule is C/C(=C\c1ccccc1O)C(=O)NC1CCCCC1. The summed E-state index contributed by atoms with van der Waals surface area (Å²) >= 11 is 0. The molecule has 2 N–H and O–H groups in total. The fourth-order valence-electron chi connectivity index (χ4n) is 2.45. The molecule has 0 aromatic heterocycles. The Morgan fingerprint density at radius 1 is 1.26 bits per heavy atom. The van der Waals surface area contributed by atoms with Crippen molar-refractivity contribution in [3.05, 3.63) is 35.4 Å². The molecule has 3 heteroatoms. The molecule has 1 aliphatic rings. The van der Waals surface area contributed by atoms with Crippen molar-refractivity contribution in [1.82, 2.24) is 5.32 Å². The van der Waals surface area contributed by atoms with Gasteiger partial charge >= 0.3 is 0 Å². The average molecular weight is 259 g/mol. The number of carbonyl (C=O) groups excluding carboxylic acids is 1. The van der Waals surface area contributed by atoms with Crippen LogP contribution in [0.5, 0.6) is 5.75 Å². The Kier molecular flexibility index (Phi) is 4.61. The third kappa shape index (κ3) is 3.85. The molecule has 0 aliphatic heterocycles. The molecule has 1 aromatic rings. The highest BCUT2D eigenvalue weighted by Crippen LogP contribution is 2.20. The van der Waals surface area contributed by atoms with Crippen LogP contribution in [0.4, 0.5) is 0 Å². The fourth-order valence-corrected chi connectivity index (χ4v) is 2.45. The minimum absolute atomic E-state index is 0.0323. The van der Waals surface area contributed by atoms with Crippen LogP contribution >= 0.6 is 0 Å². The summed E-state index contributed by atoms with van der Waals surface area (Å²) < 4.78 is 0. The highest BCUT2D eigenvalue weighted by Gasteiger charge is 2.16. The standard InChI is InChI=1S/C16H21NO2/c1-12(11-13-7-5-6-10-15(13)18)16(19)17-14-8-3-2-4-9-14/h5-7,10-11,14,18H,2-4,8-9H2,1H3,(H,17,19)/b12-11+. The van der Waals surface area contributed by atoms with Gasteiger partial charge in [0.25, 0.3) is 0 Å². The Bertz CT molecular complexity index is 473. The number of hydrogen-bond donors (Lipinski definition) is 2. The number of phenols is 1. The largest absolute Gasteiger partial charge is 0.507 e. The van der Waals surface area contributed by atoms with Crippen LogP contribution in [0.3, 0.4) is 0 Å². The van der Waals surface area contributed by atoms with Gasteiger partial charge in [0, 0.05) is 17.2 Å². The first-order chi connectivity index (χ1) is 9.16. The second-order valence-corrected chi connectivity index (χ2v) is 5.19. The zero-order chi connectivity index (χ0) is 13.7. The van der Waals surface area contributed by atoms with Gasteiger partial charge in [0.2, 0.25) is 5.91 Å². The minimum atomic E-state index is -0.0323. The predicted molar refractivity (Wildman–Crippen MR) is 76.8 cm³/mol. The highest BCUT2D eigenvalue weighted by atomic mass is 16.3. The number of hydrogen-bond acceptors (Lipinski definition) is 2. The van der Waals surface area contributed by atoms with Crippen LogP contribution < -0.4 is 5.32 Å². The minimum Gasteiger partial charge on any atom is -0.507 e. The molecule has 2 rings (SSSR count). The Hall–Kier alpha value is -1.77. The quantitative estimate of drug-likeness (QED) is 0.819. The van der Waals surface area contributed by atoms with Crippen molar-refractivity contribution in [1.29, 1.82) is 0 Å². The number of para-hydroxylation sites is 1. The average Bonchev–Trinajstić information content (AvgIpc) is 2.42. The number of rotatable bonds is 3. The van der Waals surface area contributed by atoms with Crippen LogP contribution in [0, 0.1) is 0 Å². The van der Waals surface area contributed by atoms with E-state index in [-0.39, 0.29) is 11.7 Å². The van der Waals surface area contributed by atoms with Crippen LogP contribution in [-0.4, -0.2) is 17.1 Å². The lowest BCUT2D eigenvalue weighted by atomic mass is 9.95. The van der Waals surface area contributed by atoms with Gasteiger partial charge in [0.15, 0.2) is 0 Å². The fraction of sp³-hybridized carbons (Fsp3) is 0.438. The van der Waals surface area contributed by atoms with Crippen molar-refractivity contribution in [2.75, 3.05) is 0 Å². The predicted octanol–water partition coefficient (Wildman–Crippen LogP) is 3.24. The zero-order valence-electron chi connectivity index (χ0n) is 11.4. The van der Waals surface area contributed by atoms with Crippen molar-refractivity contribution >= 4 is 12.0 Å². The van der Waals surface area contributed by atoms with E-state index in [0.717, 1.165) is 12.8 Å². The molecule has 0 spiro atoms. The van der Waals surface area contributed by atoms with E-state index in [1.54, 1.807) is 31.2 Å². The lowest BCUT2D eigenvalue weighted by Gasteiger charge is -2.22. The van der Waals surface area contributed by atoms with Crippen LogP contribution in [-0.2, 0) is 4.79 Å². The molecule has 19 heavy (non-hydrogen) atoms. The Labute approximate surface area is 114 Å². The Morgan fingerprint density at radius 3 is 2.63 bits per heavy atom. The molecule has 1 fully saturated rings. The smallest absolute Gasteiger partial charge is 0.247 e. The Balaban J connectivity index is 2.00. The zero-order valence-corrected chi connectivity index (χ0v) is 11.4. The molecule has 0 radical (unpaired) electrons. The molecule has 0 unspecified atom stereocenters. The van der Waals surface area contributed by atoms with E-state index < -0.39 is 0 Å². The Morgan fingerprint density at radius 2 is 1.95 bits per heavy atom. The molecule has 1 aromatic carbocycles. The first-order valence-corrected chi connectivity index (χ1v) is 6.94. The van der Waals surface area contributed by atoms with Crippen LogP contribution in [0.15, 0.2) is 29.8 Å². The summed E-state index contributed by atoms with van der Waals surface area (Å²) in [6, 6.07) is 7.35. The van der Waals surface area contributed by atoms with Crippen LogP contribution in [0.25, 0.3) is 6.08 Å². The van der Waals surface area contributed by atoms with Crippen LogP contribution in [0.2, 0.25) is 0 Å². The summed E-state index contributed by atoms with van der Waals surface area (Å²) in [7, 11) is 0. The van der Waals surface area contributed by atoms with Crippen molar-refractivity contribution in [2.24, 2.45) is 0 Å². The summed E-state index contributed by atoms with van der Waals surface area (Å²) in [5.41, 5.74) is 1.31. The van der Waals surface area contributed by atoms with Gasteiger partial charge in [0.1, 0.15) is 5.75 Å². The topological polar surface area (TPSA) is 49.3 Å². The third-order valence-corrected chi connectivity index (χ3v) is 3.61. The first-order valence-electron chi connectivity index (χ1n) is 6.94. The maximum absolute atomic E-state index is 12.1. The van der Waals surface area contributed by atoms with Crippen LogP contribution in [0.1, 0.15) is 44.6 Å². The van der Waals surface area contributed by atoms with E-state index in [0.29, 0.717) is 17.2 Å². The molecule has 0 atom stereocenters. The van der Waals surface area contributed by atoms with Crippen molar-refractivity contribution in [3.63, 3.8) is 0 Å². The second-order valence-electron chi connectivity index (χ2n) is 5.19. The number of amides is 1. The second kappa shape index (κ2) is 6.41. The van der Waals surface area contributed by atoms with Gasteiger partial charge in [-0.2, -0.15) is 0 Å². The van der Waals surface area contributed by atoms with E-state index in [4.69, 9.17) is 0 Å². The van der Waals surface area contributed by atoms with E-state index in [9.17, 15) is 9.90 Å². The molecular formula is C16H21NO2. The van der Waals surface area contributed by atoms with Crippen molar-refractivity contribution < 1.29 is 9.90 Å². The monoisotopic (exact) mass is 259 g/mol. The third-order valence-electron chi connectivity index (χ3n) is 3.61. The summed E-state index contributed by atoms with van der Waals surface area (Å²) in [5, 5.41) is 12.8. The molecule has 0 bridgehead atoms. The van der Waals surface area contributed by atoms with E-state index >= 15 is 0 Å². The number of carbonyl (C=O) groups is 1. The molecule has 3 nitrogen and oxygen atoms in total. The summed E-state index contributed by atoms with van der Waals surface area (Å²) in [6.45, 7) is 1.78. The maximum atomic E-state index is 12.1. The van der Waals surface area contributed by atoms with E-state index in [1.165, 1.54) is 19.3 Å². The van der Waals surface area contributed by atoms with Gasteiger partial charge < -0.3 is 10.4 Å². The summed E-state index contributed by atoms with van der Waals surface area (Å²) in [6.07, 6.45) is 7.57. The molecule has 102 valence electrons. The lowest BCUT2D eigenvalue weighted by Crippen LogP contribution is -2.36. The van der Waals surface area contributed by atoms with Gasteiger partial charge in [-0.25, -0.2) is 0 Å². The van der Waals surface area contributed by atoms with Crippen molar-refractivity contribution in [2.45, 2.75) is 45.1 Å². The van der Waals surface area contributed by atoms with Gasteiger partial charge in [-0.1, -0.05) is 37.5 Å². The maximum Gasteiger partial charge on any atom is 0.247 e.